The van der Waals surface area contributed by atoms with Gasteiger partial charge in [0.05, 0.1) is 41.8 Å². The van der Waals surface area contributed by atoms with Crippen LogP contribution in [-0.2, 0) is 35.1 Å². The molecule has 2 heterocycles. The third kappa shape index (κ3) is 12.2. The number of ketones is 2. The van der Waals surface area contributed by atoms with Gasteiger partial charge in [-0.2, -0.15) is 0 Å². The summed E-state index contributed by atoms with van der Waals surface area (Å²) in [6.45, 7) is 12.0. The molecule has 2 N–H and O–H groups in total. The largest absolute Gasteiger partial charge is 0.396 e. The van der Waals surface area contributed by atoms with E-state index in [-0.39, 0.29) is 66.6 Å². The molecule has 0 spiro atoms. The molecule has 308 valence electrons. The average molecular weight is 785 g/mol. The van der Waals surface area contributed by atoms with Gasteiger partial charge in [-0.25, -0.2) is 4.98 Å². The lowest BCUT2D eigenvalue weighted by molar-refractivity contribution is -0.149. The number of amides is 2. The molecule has 1 aromatic heterocycles. The number of thiazole rings is 1. The zero-order valence-electron chi connectivity index (χ0n) is 34.9. The Kier molecular flexibility index (Phi) is 19.1. The van der Waals surface area contributed by atoms with Gasteiger partial charge in [0, 0.05) is 76.6 Å². The number of nitrogens with one attached hydrogen (secondary N) is 1. The van der Waals surface area contributed by atoms with Crippen molar-refractivity contribution in [1.29, 1.82) is 0 Å². The molecular formula is C43H68N4O7S. The SMILES string of the molecule is CC[C@H](C)[C@@H]([C@@H](CC(=O)N1CCC[C@H]1[C@H](OC)[C@@H](C)C(=O)C[C@@H](Cc1ccccc1)c1nccs1)OC)N(C)C(=O)[C@@H](CC(=O)[C@@H](NC)C(C)C)C(C)CO. The third-order valence-electron chi connectivity index (χ3n) is 12.0. The normalized spacial score (nSPS) is 19.6. The number of hydrogen-bond acceptors (Lipinski definition) is 10. The van der Waals surface area contributed by atoms with E-state index in [4.69, 9.17) is 9.47 Å². The van der Waals surface area contributed by atoms with Gasteiger partial charge in [-0.3, -0.25) is 19.2 Å². The Labute approximate surface area is 333 Å². The highest BCUT2D eigenvalue weighted by Gasteiger charge is 2.43. The Morgan fingerprint density at radius 2 is 1.69 bits per heavy atom. The van der Waals surface area contributed by atoms with E-state index >= 15 is 0 Å². The number of aromatic nitrogens is 1. The van der Waals surface area contributed by atoms with E-state index in [9.17, 15) is 24.3 Å². The average Bonchev–Trinajstić information content (AvgIpc) is 3.90. The zero-order chi connectivity index (χ0) is 40.8. The monoisotopic (exact) mass is 784 g/mol. The van der Waals surface area contributed by atoms with Gasteiger partial charge in [0.2, 0.25) is 11.8 Å². The quantitative estimate of drug-likeness (QED) is 0.135. The second-order valence-corrected chi connectivity index (χ2v) is 16.9. The van der Waals surface area contributed by atoms with Crippen molar-refractivity contribution in [2.24, 2.45) is 29.6 Å². The Hall–Kier alpha value is -3.03. The Balaban J connectivity index is 1.80. The summed E-state index contributed by atoms with van der Waals surface area (Å²) in [6, 6.07) is 8.98. The zero-order valence-corrected chi connectivity index (χ0v) is 35.7. The molecule has 1 unspecified atom stereocenters. The van der Waals surface area contributed by atoms with Crippen molar-refractivity contribution >= 4 is 34.7 Å². The van der Waals surface area contributed by atoms with E-state index in [2.05, 4.69) is 22.4 Å². The molecule has 2 amide bonds. The molecule has 1 aromatic carbocycles. The van der Waals surface area contributed by atoms with Gasteiger partial charge >= 0.3 is 0 Å². The fourth-order valence-electron chi connectivity index (χ4n) is 8.48. The van der Waals surface area contributed by atoms with Gasteiger partial charge in [0.1, 0.15) is 5.78 Å². The molecule has 0 saturated carbocycles. The Bertz CT molecular complexity index is 1470. The van der Waals surface area contributed by atoms with Crippen molar-refractivity contribution in [2.45, 2.75) is 123 Å². The van der Waals surface area contributed by atoms with E-state index < -0.39 is 42.0 Å². The Morgan fingerprint density at radius 1 is 1.00 bits per heavy atom. The number of carbonyl (C=O) groups is 4. The molecule has 1 aliphatic rings. The number of aliphatic hydroxyl groups excluding tert-OH is 1. The molecule has 2 aromatic rings. The highest BCUT2D eigenvalue weighted by Crippen LogP contribution is 2.33. The molecule has 12 heteroatoms. The molecule has 11 nitrogen and oxygen atoms in total. The number of aliphatic hydroxyl groups is 1. The van der Waals surface area contributed by atoms with Crippen LogP contribution in [0.2, 0.25) is 0 Å². The van der Waals surface area contributed by atoms with Crippen LogP contribution in [0.25, 0.3) is 0 Å². The van der Waals surface area contributed by atoms with Crippen LogP contribution in [0.15, 0.2) is 41.9 Å². The van der Waals surface area contributed by atoms with Gasteiger partial charge in [-0.05, 0) is 49.6 Å². The number of benzene rings is 1. The number of likely N-dealkylation sites (N-methyl/N-ethyl adjacent to an activating group) is 2. The topological polar surface area (TPSA) is 138 Å². The minimum Gasteiger partial charge on any atom is -0.396 e. The minimum absolute atomic E-state index is 0.000000730. The first-order chi connectivity index (χ1) is 26.2. The van der Waals surface area contributed by atoms with Crippen molar-refractivity contribution < 1.29 is 33.8 Å². The van der Waals surface area contributed by atoms with Gasteiger partial charge in [0.25, 0.3) is 0 Å². The van der Waals surface area contributed by atoms with Crippen LogP contribution in [0.3, 0.4) is 0 Å². The van der Waals surface area contributed by atoms with Crippen LogP contribution in [0, 0.1) is 29.6 Å². The van der Waals surface area contributed by atoms with Crippen LogP contribution in [0.4, 0.5) is 0 Å². The molecule has 10 atom stereocenters. The second kappa shape index (κ2) is 22.6. The predicted molar refractivity (Wildman–Crippen MR) is 218 cm³/mol. The molecule has 1 aliphatic heterocycles. The van der Waals surface area contributed by atoms with E-state index in [0.29, 0.717) is 25.8 Å². The minimum atomic E-state index is -0.732. The maximum absolute atomic E-state index is 14.3. The number of nitrogens with zero attached hydrogens (tertiary/aromatic N) is 3. The van der Waals surface area contributed by atoms with E-state index in [1.54, 1.807) is 57.7 Å². The first kappa shape index (κ1) is 46.4. The lowest BCUT2D eigenvalue weighted by Gasteiger charge is -2.41. The molecule has 3 rings (SSSR count). The Morgan fingerprint density at radius 3 is 2.24 bits per heavy atom. The van der Waals surface area contributed by atoms with Crippen LogP contribution >= 0.6 is 11.3 Å². The first-order valence-corrected chi connectivity index (χ1v) is 21.0. The lowest BCUT2D eigenvalue weighted by atomic mass is 9.83. The van der Waals surface area contributed by atoms with Gasteiger partial charge in [-0.1, -0.05) is 78.3 Å². The summed E-state index contributed by atoms with van der Waals surface area (Å²) in [5, 5.41) is 16.1. The van der Waals surface area contributed by atoms with Crippen molar-refractivity contribution in [3.63, 3.8) is 0 Å². The standard InChI is InChI=1S/C43H68N4O7S/c1-11-28(4)40(46(8)43(52)33(29(5)26-48)24-36(50)39(44-7)27(2)3)37(53-9)25-38(51)47-20-15-18-34(47)41(54-10)30(6)35(49)23-32(42-45-19-21-55-42)22-31-16-13-12-14-17-31/h12-14,16-17,19,21,27-30,32-34,37,39-41,44,48H,11,15,18,20,22-26H2,1-10H3/t28-,29?,30-,32+,33-,34-,37+,39-,40-,41+/m0/s1. The number of hydrogen-bond donors (Lipinski definition) is 2. The van der Waals surface area contributed by atoms with Gasteiger partial charge < -0.3 is 29.7 Å². The number of carbonyl (C=O) groups excluding carboxylic acids is 4. The molecule has 0 radical (unpaired) electrons. The molecule has 0 bridgehead atoms. The number of ether oxygens (including phenoxy) is 2. The summed E-state index contributed by atoms with van der Waals surface area (Å²) in [4.78, 5) is 64.0. The van der Waals surface area contributed by atoms with E-state index in [1.165, 1.54) is 0 Å². The van der Waals surface area contributed by atoms with Gasteiger partial charge in [0.15, 0.2) is 5.78 Å². The summed E-state index contributed by atoms with van der Waals surface area (Å²) in [7, 11) is 6.64. The van der Waals surface area contributed by atoms with Crippen LogP contribution in [0.1, 0.15) is 96.6 Å². The van der Waals surface area contributed by atoms with E-state index in [0.717, 1.165) is 23.4 Å². The fraction of sp³-hybridized carbons (Fsp3) is 0.698. The summed E-state index contributed by atoms with van der Waals surface area (Å²) in [5.74, 6) is -2.04. The number of rotatable bonds is 24. The smallest absolute Gasteiger partial charge is 0.226 e. The summed E-state index contributed by atoms with van der Waals surface area (Å²) in [5.41, 5.74) is 1.15. The molecule has 1 fully saturated rings. The summed E-state index contributed by atoms with van der Waals surface area (Å²) < 4.78 is 12.1. The summed E-state index contributed by atoms with van der Waals surface area (Å²) >= 11 is 1.56. The maximum Gasteiger partial charge on any atom is 0.226 e. The van der Waals surface area contributed by atoms with Crippen LogP contribution < -0.4 is 5.32 Å². The molecule has 0 aliphatic carbocycles. The highest BCUT2D eigenvalue weighted by molar-refractivity contribution is 7.09. The van der Waals surface area contributed by atoms with Crippen molar-refractivity contribution in [1.82, 2.24) is 20.1 Å². The molecule has 1 saturated heterocycles. The number of Topliss-reactive ketones (excluding diaryl/α,β-unsaturated/α-hetero) is 2. The van der Waals surface area contributed by atoms with Gasteiger partial charge in [-0.15, -0.1) is 11.3 Å². The fourth-order valence-corrected chi connectivity index (χ4v) is 9.22. The van der Waals surface area contributed by atoms with Crippen LogP contribution in [-0.4, -0.2) is 115 Å². The van der Waals surface area contributed by atoms with Crippen molar-refractivity contribution in [3.05, 3.63) is 52.5 Å². The van der Waals surface area contributed by atoms with Crippen molar-refractivity contribution in [2.75, 3.05) is 41.5 Å². The lowest BCUT2D eigenvalue weighted by Crippen LogP contribution is -2.54. The highest BCUT2D eigenvalue weighted by atomic mass is 32.1. The number of methoxy groups -OCH3 is 2. The summed E-state index contributed by atoms with van der Waals surface area (Å²) in [6.07, 6.45) is 3.95. The van der Waals surface area contributed by atoms with Crippen molar-refractivity contribution in [3.8, 4) is 0 Å². The molecule has 55 heavy (non-hydrogen) atoms. The first-order valence-electron chi connectivity index (χ1n) is 20.1. The maximum atomic E-state index is 14.3. The molecular weight excluding hydrogens is 717 g/mol. The number of likely N-dealkylation sites (tertiary alicyclic amines) is 1. The second-order valence-electron chi connectivity index (χ2n) is 16.0. The van der Waals surface area contributed by atoms with Crippen LogP contribution in [0.5, 0.6) is 0 Å². The third-order valence-corrected chi connectivity index (χ3v) is 12.9. The predicted octanol–water partition coefficient (Wildman–Crippen LogP) is 5.80. The van der Waals surface area contributed by atoms with E-state index in [1.807, 2.05) is 63.1 Å².